The third kappa shape index (κ3) is 2.91. The summed E-state index contributed by atoms with van der Waals surface area (Å²) in [6, 6.07) is 10.6. The van der Waals surface area contributed by atoms with Crippen LogP contribution < -0.4 is 27.1 Å². The monoisotopic (exact) mass is 366 g/mol. The lowest BCUT2D eigenvalue weighted by molar-refractivity contribution is 0.623. The molecule has 4 aromatic rings. The Morgan fingerprint density at radius 2 is 1.74 bits per heavy atom. The van der Waals surface area contributed by atoms with Crippen molar-refractivity contribution in [3.63, 3.8) is 0 Å². The number of H-pyrrole nitrogens is 2. The molecule has 136 valence electrons. The molecule has 7 nitrogen and oxygen atoms in total. The highest BCUT2D eigenvalue weighted by Gasteiger charge is 2.23. The minimum Gasteiger partial charge on any atom is -0.373 e. The molecule has 4 N–H and O–H groups in total. The fourth-order valence-corrected chi connectivity index (χ4v) is 2.98. The highest BCUT2D eigenvalue weighted by molar-refractivity contribution is 5.85. The largest absolute Gasteiger partial charge is 0.373 e. The molecule has 0 aliphatic carbocycles. The van der Waals surface area contributed by atoms with Gasteiger partial charge in [0.05, 0.1) is 10.9 Å². The first-order valence-corrected chi connectivity index (χ1v) is 8.27. The van der Waals surface area contributed by atoms with Gasteiger partial charge in [0.2, 0.25) is 0 Å². The molecule has 0 fully saturated rings. The van der Waals surface area contributed by atoms with E-state index >= 15 is 0 Å². The van der Waals surface area contributed by atoms with Crippen LogP contribution >= 0.6 is 0 Å². The molecule has 0 saturated heterocycles. The summed E-state index contributed by atoms with van der Waals surface area (Å²) in [5, 5.41) is 11.5. The number of rotatable bonds is 5. The van der Waals surface area contributed by atoms with E-state index in [1.165, 1.54) is 12.1 Å². The first kappa shape index (κ1) is 16.8. The lowest BCUT2D eigenvalue weighted by atomic mass is 10.1. The lowest BCUT2D eigenvalue weighted by Crippen LogP contribution is -2.37. The zero-order chi connectivity index (χ0) is 19.1. The summed E-state index contributed by atoms with van der Waals surface area (Å²) in [5.41, 5.74) is 0.475. The molecule has 0 spiro atoms. The average Bonchev–Trinajstić information content (AvgIpc) is 3.04. The fourth-order valence-electron chi connectivity index (χ4n) is 2.98. The number of aromatic amines is 2. The molecule has 0 aliphatic rings. The van der Waals surface area contributed by atoms with Crippen molar-refractivity contribution < 1.29 is 4.39 Å². The molecule has 4 rings (SSSR count). The molecule has 1 heterocycles. The molecule has 3 aromatic carbocycles. The molecule has 0 amide bonds. The minimum atomic E-state index is -0.646. The summed E-state index contributed by atoms with van der Waals surface area (Å²) in [5.74, 6) is -0.380. The Morgan fingerprint density at radius 3 is 2.52 bits per heavy atom. The van der Waals surface area contributed by atoms with Crippen LogP contribution in [-0.2, 0) is 0 Å². The van der Waals surface area contributed by atoms with Crippen molar-refractivity contribution in [3.05, 3.63) is 84.6 Å². The number of aromatic nitrogens is 2. The first-order chi connectivity index (χ1) is 12.9. The van der Waals surface area contributed by atoms with Crippen LogP contribution in [0.15, 0.2) is 56.8 Å². The third-order valence-corrected chi connectivity index (χ3v) is 4.46. The Bertz CT molecular complexity index is 1280. The molecule has 27 heavy (non-hydrogen) atoms. The smallest absolute Gasteiger partial charge is 0.271 e. The summed E-state index contributed by atoms with van der Waals surface area (Å²) < 4.78 is 13.4. The molecule has 0 aliphatic heterocycles. The van der Waals surface area contributed by atoms with Crippen LogP contribution in [-0.4, -0.2) is 10.2 Å². The molecule has 1 atom stereocenters. The van der Waals surface area contributed by atoms with Crippen molar-refractivity contribution in [2.75, 3.05) is 10.6 Å². The quantitative estimate of drug-likeness (QED) is 0.406. The van der Waals surface area contributed by atoms with Gasteiger partial charge in [-0.2, -0.15) is 0 Å². The Morgan fingerprint density at radius 1 is 0.963 bits per heavy atom. The van der Waals surface area contributed by atoms with E-state index in [1.807, 2.05) is 0 Å². The zero-order valence-corrected chi connectivity index (χ0v) is 14.2. The van der Waals surface area contributed by atoms with E-state index in [0.717, 1.165) is 0 Å². The van der Waals surface area contributed by atoms with Crippen molar-refractivity contribution in [1.29, 1.82) is 0 Å². The summed E-state index contributed by atoms with van der Waals surface area (Å²) >= 11 is 0. The van der Waals surface area contributed by atoms with E-state index in [4.69, 9.17) is 0 Å². The second kappa shape index (κ2) is 6.24. The van der Waals surface area contributed by atoms with Crippen molar-refractivity contribution in [3.8, 4) is 0 Å². The van der Waals surface area contributed by atoms with E-state index in [-0.39, 0.29) is 28.8 Å². The van der Waals surface area contributed by atoms with E-state index in [2.05, 4.69) is 20.8 Å². The van der Waals surface area contributed by atoms with Gasteiger partial charge in [0.1, 0.15) is 17.2 Å². The number of fused-ring (bicyclic) bond motifs is 1. The predicted molar refractivity (Wildman–Crippen MR) is 102 cm³/mol. The van der Waals surface area contributed by atoms with Crippen molar-refractivity contribution >= 4 is 28.0 Å². The van der Waals surface area contributed by atoms with Gasteiger partial charge >= 0.3 is 0 Å². The number of anilines is 3. The summed E-state index contributed by atoms with van der Waals surface area (Å²) in [4.78, 5) is 35.7. The maximum absolute atomic E-state index is 13.4. The second-order valence-electron chi connectivity index (χ2n) is 6.29. The second-order valence-corrected chi connectivity index (χ2v) is 6.29. The first-order valence-electron chi connectivity index (χ1n) is 8.27. The van der Waals surface area contributed by atoms with Crippen molar-refractivity contribution in [2.24, 2.45) is 0 Å². The molecule has 1 aromatic heterocycles. The van der Waals surface area contributed by atoms with Gasteiger partial charge in [0, 0.05) is 11.7 Å². The molecule has 8 heteroatoms. The third-order valence-electron chi connectivity index (χ3n) is 4.46. The molecule has 0 radical (unpaired) electrons. The van der Waals surface area contributed by atoms with Gasteiger partial charge < -0.3 is 10.6 Å². The maximum atomic E-state index is 13.4. The number of halogens is 1. The Balaban J connectivity index is 1.62. The molecule has 0 unspecified atom stereocenters. The molecule has 0 saturated carbocycles. The van der Waals surface area contributed by atoms with E-state index in [1.54, 1.807) is 37.3 Å². The van der Waals surface area contributed by atoms with Gasteiger partial charge in [-0.3, -0.25) is 24.6 Å². The van der Waals surface area contributed by atoms with Gasteiger partial charge in [-0.05, 0) is 42.8 Å². The van der Waals surface area contributed by atoms with E-state index < -0.39 is 10.9 Å². The van der Waals surface area contributed by atoms with Crippen molar-refractivity contribution in [2.45, 2.75) is 13.0 Å². The van der Waals surface area contributed by atoms with Crippen LogP contribution in [0.1, 0.15) is 18.5 Å². The number of benzene rings is 2. The Kier molecular flexibility index (Phi) is 3.88. The van der Waals surface area contributed by atoms with Crippen LogP contribution in [0.4, 0.5) is 21.5 Å². The number of nitrogens with one attached hydrogen (secondary N) is 4. The van der Waals surface area contributed by atoms with Gasteiger partial charge in [-0.1, -0.05) is 12.1 Å². The normalized spacial score (nSPS) is 12.4. The van der Waals surface area contributed by atoms with Crippen molar-refractivity contribution in [1.82, 2.24) is 10.2 Å². The SMILES string of the molecule is C[C@@H](Nc1c(Nc2ccc3[nH][nH]c(=O)c3c2)c(=O)c1=O)c1cccc(F)c1. The summed E-state index contributed by atoms with van der Waals surface area (Å²) in [7, 11) is 0. The van der Waals surface area contributed by atoms with Gasteiger partial charge in [-0.15, -0.1) is 0 Å². The highest BCUT2D eigenvalue weighted by atomic mass is 19.1. The standard InChI is InChI=1S/C19H15FN4O3/c1-9(10-3-2-4-11(20)7-10)21-15-16(18(26)17(15)25)22-12-5-6-14-13(8-12)19(27)24-23-14/h2-9,21-22H,1H3,(H2,23,24,27)/t9-/m1/s1. The molecule has 0 bridgehead atoms. The van der Waals surface area contributed by atoms with Gasteiger partial charge in [-0.25, -0.2) is 4.39 Å². The highest BCUT2D eigenvalue weighted by Crippen LogP contribution is 2.26. The van der Waals surface area contributed by atoms with Crippen LogP contribution in [0.3, 0.4) is 0 Å². The average molecular weight is 366 g/mol. The minimum absolute atomic E-state index is 0.120. The molecular formula is C19H15FN4O3. The zero-order valence-electron chi connectivity index (χ0n) is 14.2. The van der Waals surface area contributed by atoms with Crippen LogP contribution in [0.2, 0.25) is 0 Å². The topological polar surface area (TPSA) is 107 Å². The fraction of sp³-hybridized carbons (Fsp3) is 0.105. The van der Waals surface area contributed by atoms with Crippen LogP contribution in [0.5, 0.6) is 0 Å². The van der Waals surface area contributed by atoms with Gasteiger partial charge in [0.15, 0.2) is 0 Å². The predicted octanol–water partition coefficient (Wildman–Crippen LogP) is 2.51. The lowest BCUT2D eigenvalue weighted by Gasteiger charge is -2.20. The van der Waals surface area contributed by atoms with Crippen LogP contribution in [0.25, 0.3) is 10.9 Å². The van der Waals surface area contributed by atoms with E-state index in [9.17, 15) is 18.8 Å². The Labute approximate surface area is 151 Å². The summed E-state index contributed by atoms with van der Waals surface area (Å²) in [6.07, 6.45) is 0. The number of hydrogen-bond donors (Lipinski definition) is 4. The van der Waals surface area contributed by atoms with Gasteiger partial charge in [0.25, 0.3) is 16.4 Å². The summed E-state index contributed by atoms with van der Waals surface area (Å²) in [6.45, 7) is 1.76. The van der Waals surface area contributed by atoms with E-state index in [0.29, 0.717) is 22.2 Å². The number of hydrogen-bond acceptors (Lipinski definition) is 5. The molecular weight excluding hydrogens is 351 g/mol. The maximum Gasteiger partial charge on any atom is 0.271 e. The van der Waals surface area contributed by atoms with Crippen LogP contribution in [0, 0.1) is 5.82 Å². The Hall–Kier alpha value is -3.68.